The van der Waals surface area contributed by atoms with E-state index < -0.39 is 134 Å². The van der Waals surface area contributed by atoms with Crippen LogP contribution in [0.3, 0.4) is 0 Å². The molecular formula is C70H108N2O20. The van der Waals surface area contributed by atoms with Crippen molar-refractivity contribution >= 4 is 17.5 Å². The van der Waals surface area contributed by atoms with Crippen molar-refractivity contribution in [2.45, 2.75) is 234 Å². The number of aliphatic hydroxyl groups is 15. The Morgan fingerprint density at radius 2 is 1.09 bits per heavy atom. The molecule has 1 saturated heterocycles. The Kier molecular flexibility index (Phi) is 42.6. The number of hydrogen-bond donors (Lipinski definition) is 17. The molecule has 1 amide bonds. The number of Topliss-reactive ketones (excluding diaryl/α,β-unsaturated/α-hetero) is 2. The van der Waals surface area contributed by atoms with Crippen LogP contribution in [0.15, 0.2) is 157 Å². The standard InChI is InChI=1S/C70H108N2O20/c1-46(27-20-16-12-8-5-6-11-15-19-23-35-64(86)72-65-60(83)36-37-61(65)84)66(87)48(3)59(82)33-21-17-13-9-7-10-14-18-22-34-63(92-70-69(90)68(89)67(88)49(4)91-70)47(2)62(85)45-58(81)44-57(80)42-53(76)31-25-30-52(75)41-56(79)43-55(78)40-51(74)29-24-28-50(73)39-54(77)32-26-38-71/h5-11,13-15,17-25,27,29,31,33,35,46-59,63,66-70,73-83,87-90H,12,16,26,28,30,32,34,36-45,71H2,1-4H3,(H,72,86)/b8-5+,9-7+,11-6+,14-10+,17-13+,19-15+,22-18+,27-20+,29-24+,31-25+,33-21+,35-23+/t46-,47?,48+,49?,50?,51?,52?,53?,54?,55?,56?,57?,58?,59?,63?,66?,67?,68?,69?,70?/m1/s1. The number of nitrogens with one attached hydrogen (secondary N) is 1. The topological polar surface area (TPSA) is 411 Å². The van der Waals surface area contributed by atoms with Gasteiger partial charge in [-0.15, -0.1) is 0 Å². The monoisotopic (exact) mass is 1300 g/mol. The molecule has 1 aliphatic carbocycles. The number of unbranched alkanes of at least 4 members (excludes halogenated alkanes) is 1. The molecule has 22 nitrogen and oxygen atoms in total. The average Bonchev–Trinajstić information content (AvgIpc) is 1.28. The second-order valence-electron chi connectivity index (χ2n) is 23.9. The van der Waals surface area contributed by atoms with Crippen LogP contribution in [-0.4, -0.2) is 205 Å². The summed E-state index contributed by atoms with van der Waals surface area (Å²) in [4.78, 5) is 37.2. The van der Waals surface area contributed by atoms with Crippen LogP contribution < -0.4 is 11.1 Å². The molecule has 2 aliphatic rings. The fourth-order valence-corrected chi connectivity index (χ4v) is 9.94. The largest absolute Gasteiger partial charge is 0.510 e. The van der Waals surface area contributed by atoms with Crippen LogP contribution in [0.25, 0.3) is 0 Å². The number of ether oxygens (including phenoxy) is 2. The van der Waals surface area contributed by atoms with Crippen LogP contribution in [-0.2, 0) is 23.9 Å². The Balaban J connectivity index is 1.81. The van der Waals surface area contributed by atoms with Gasteiger partial charge < -0.3 is 97.1 Å². The van der Waals surface area contributed by atoms with Crippen molar-refractivity contribution in [2.24, 2.45) is 23.5 Å². The van der Waals surface area contributed by atoms with Gasteiger partial charge in [0.25, 0.3) is 0 Å². The van der Waals surface area contributed by atoms with Gasteiger partial charge in [0.15, 0.2) is 12.1 Å². The van der Waals surface area contributed by atoms with Crippen molar-refractivity contribution in [1.82, 2.24) is 5.32 Å². The van der Waals surface area contributed by atoms with Gasteiger partial charge in [-0.3, -0.25) is 14.4 Å². The van der Waals surface area contributed by atoms with E-state index in [1.807, 2.05) is 37.3 Å². The fourth-order valence-electron chi connectivity index (χ4n) is 9.94. The molecule has 0 spiro atoms. The van der Waals surface area contributed by atoms with E-state index in [-0.39, 0.29) is 93.8 Å². The Morgan fingerprint density at radius 1 is 0.576 bits per heavy atom. The van der Waals surface area contributed by atoms with E-state index in [0.29, 0.717) is 19.4 Å². The highest BCUT2D eigenvalue weighted by molar-refractivity contribution is 6.03. The van der Waals surface area contributed by atoms with E-state index in [1.165, 1.54) is 37.3 Å². The molecule has 1 fully saturated rings. The second-order valence-corrected chi connectivity index (χ2v) is 23.9. The summed E-state index contributed by atoms with van der Waals surface area (Å²) < 4.78 is 11.7. The van der Waals surface area contributed by atoms with Crippen molar-refractivity contribution < 1.29 is 100 Å². The Labute approximate surface area is 542 Å². The number of allylic oxidation sites excluding steroid dienone is 18. The molecule has 518 valence electrons. The van der Waals surface area contributed by atoms with Crippen LogP contribution in [0.4, 0.5) is 0 Å². The van der Waals surface area contributed by atoms with Gasteiger partial charge in [-0.1, -0.05) is 161 Å². The molecule has 0 radical (unpaired) electrons. The number of carbonyl (C=O) groups excluding carboxylic acids is 3. The molecule has 18 unspecified atom stereocenters. The SMILES string of the molecule is CC1OC(OC(C/C=C/C=C/C=C/C=C/C=C/C(O)[C@H](C)C(O)[C@H](C)/C=C/CC/C=C/C=C/C=C/C=C/C(=O)NC2=C(O)CCC2=O)C(C)C(=O)CC(O)CC(O)CC(O)/C=C/CC(O)CC(O)CC(O)CC(O)/C=C/CC(O)CC(O)CCCN)C(O)C(O)C1O. The van der Waals surface area contributed by atoms with Crippen molar-refractivity contribution in [3.05, 3.63) is 157 Å². The average molecular weight is 1300 g/mol. The van der Waals surface area contributed by atoms with E-state index in [0.717, 1.165) is 12.8 Å². The van der Waals surface area contributed by atoms with Gasteiger partial charge in [-0.05, 0) is 84.1 Å². The second kappa shape index (κ2) is 47.4. The maximum Gasteiger partial charge on any atom is 0.248 e. The minimum Gasteiger partial charge on any atom is -0.510 e. The predicted molar refractivity (Wildman–Crippen MR) is 351 cm³/mol. The molecule has 0 aromatic rings. The molecule has 1 heterocycles. The minimum atomic E-state index is -1.65. The van der Waals surface area contributed by atoms with Crippen molar-refractivity contribution in [3.63, 3.8) is 0 Å². The number of carbonyl (C=O) groups is 3. The van der Waals surface area contributed by atoms with Crippen molar-refractivity contribution in [3.8, 4) is 0 Å². The summed E-state index contributed by atoms with van der Waals surface area (Å²) in [5.74, 6) is -2.90. The molecule has 20 atom stereocenters. The number of nitrogens with two attached hydrogens (primary N) is 1. The first-order valence-electron chi connectivity index (χ1n) is 32.1. The minimum absolute atomic E-state index is 0.0207. The third-order valence-electron chi connectivity index (χ3n) is 15.6. The summed E-state index contributed by atoms with van der Waals surface area (Å²) in [6.45, 7) is 7.16. The molecule has 0 bridgehead atoms. The lowest BCUT2D eigenvalue weighted by Gasteiger charge is -2.41. The summed E-state index contributed by atoms with van der Waals surface area (Å²) in [6.07, 6.45) is 23.8. The lowest BCUT2D eigenvalue weighted by Crippen LogP contribution is -2.58. The van der Waals surface area contributed by atoms with Gasteiger partial charge in [0.05, 0.1) is 79.4 Å². The Bertz CT molecular complexity index is 2520. The van der Waals surface area contributed by atoms with E-state index in [4.69, 9.17) is 15.2 Å². The van der Waals surface area contributed by atoms with Crippen LogP contribution in [0.1, 0.15) is 130 Å². The molecule has 1 aliphatic heterocycles. The van der Waals surface area contributed by atoms with Crippen LogP contribution in [0.5, 0.6) is 0 Å². The summed E-state index contributed by atoms with van der Waals surface area (Å²) in [5, 5.41) is 159. The first kappa shape index (κ1) is 82.6. The summed E-state index contributed by atoms with van der Waals surface area (Å²) in [6, 6.07) is 0. The van der Waals surface area contributed by atoms with Gasteiger partial charge in [0.2, 0.25) is 5.91 Å². The number of aliphatic hydroxyl groups excluding tert-OH is 15. The Hall–Kier alpha value is -5.45. The highest BCUT2D eigenvalue weighted by atomic mass is 16.7. The quantitative estimate of drug-likeness (QED) is 0.0177. The predicted octanol–water partition coefficient (Wildman–Crippen LogP) is 3.99. The molecule has 92 heavy (non-hydrogen) atoms. The zero-order valence-corrected chi connectivity index (χ0v) is 53.8. The van der Waals surface area contributed by atoms with E-state index in [2.05, 4.69) is 5.32 Å². The zero-order chi connectivity index (χ0) is 68.5. The lowest BCUT2D eigenvalue weighted by atomic mass is 9.88. The number of ketones is 2. The summed E-state index contributed by atoms with van der Waals surface area (Å²) in [7, 11) is 0. The number of rotatable bonds is 46. The molecule has 22 heteroatoms. The Morgan fingerprint density at radius 3 is 1.66 bits per heavy atom. The molecular weight excluding hydrogens is 1190 g/mol. The summed E-state index contributed by atoms with van der Waals surface area (Å²) >= 11 is 0. The van der Waals surface area contributed by atoms with Gasteiger partial charge >= 0.3 is 0 Å². The first-order valence-corrected chi connectivity index (χ1v) is 32.1. The highest BCUT2D eigenvalue weighted by Crippen LogP contribution is 2.28. The van der Waals surface area contributed by atoms with Gasteiger partial charge in [0.1, 0.15) is 35.6 Å². The smallest absolute Gasteiger partial charge is 0.248 e. The third kappa shape index (κ3) is 35.7. The highest BCUT2D eigenvalue weighted by Gasteiger charge is 2.44. The van der Waals surface area contributed by atoms with Gasteiger partial charge in [0, 0.05) is 55.9 Å². The van der Waals surface area contributed by atoms with Gasteiger partial charge in [-0.25, -0.2) is 0 Å². The molecule has 2 rings (SSSR count). The zero-order valence-electron chi connectivity index (χ0n) is 53.8. The number of hydrogen-bond acceptors (Lipinski definition) is 21. The normalized spacial score (nSPS) is 24.1. The summed E-state index contributed by atoms with van der Waals surface area (Å²) in [5.41, 5.74) is 5.40. The molecule has 0 saturated carbocycles. The lowest BCUT2D eigenvalue weighted by molar-refractivity contribution is -0.306. The molecule has 18 N–H and O–H groups in total. The van der Waals surface area contributed by atoms with Crippen LogP contribution in [0, 0.1) is 17.8 Å². The van der Waals surface area contributed by atoms with E-state index >= 15 is 0 Å². The maximum absolute atomic E-state index is 13.6. The van der Waals surface area contributed by atoms with Crippen molar-refractivity contribution in [1.29, 1.82) is 0 Å². The van der Waals surface area contributed by atoms with Crippen LogP contribution in [0.2, 0.25) is 0 Å². The first-order chi connectivity index (χ1) is 43.7. The molecule has 0 aromatic heterocycles. The van der Waals surface area contributed by atoms with Crippen molar-refractivity contribution in [2.75, 3.05) is 6.54 Å². The fraction of sp³-hybridized carbons (Fsp3) is 0.586. The van der Waals surface area contributed by atoms with Crippen LogP contribution >= 0.6 is 0 Å². The number of amides is 1. The van der Waals surface area contributed by atoms with Gasteiger partial charge in [-0.2, -0.15) is 0 Å². The molecule has 0 aromatic carbocycles. The maximum atomic E-state index is 13.6. The van der Waals surface area contributed by atoms with E-state index in [1.54, 1.807) is 98.9 Å². The third-order valence-corrected chi connectivity index (χ3v) is 15.6. The van der Waals surface area contributed by atoms with E-state index in [9.17, 15) is 91.0 Å².